The molecule has 0 spiro atoms. The summed E-state index contributed by atoms with van der Waals surface area (Å²) in [6, 6.07) is 0.00458. The Kier molecular flexibility index (Phi) is 6.51. The van der Waals surface area contributed by atoms with Crippen molar-refractivity contribution in [3.8, 4) is 0 Å². The van der Waals surface area contributed by atoms with Crippen LogP contribution >= 0.6 is 0 Å². The van der Waals surface area contributed by atoms with Crippen molar-refractivity contribution in [2.75, 3.05) is 14.2 Å². The van der Waals surface area contributed by atoms with Gasteiger partial charge in [-0.2, -0.15) is 0 Å². The van der Waals surface area contributed by atoms with Crippen LogP contribution < -0.4 is 5.73 Å². The van der Waals surface area contributed by atoms with E-state index in [1.807, 2.05) is 0 Å². The maximum absolute atomic E-state index is 5.78. The molecular weight excluding hydrogens is 142 g/mol. The number of methoxy groups -OCH3 is 2. The smallest absolute Gasteiger partial charge is 0.171 e. The lowest BCUT2D eigenvalue weighted by atomic mass is 10.1. The summed E-state index contributed by atoms with van der Waals surface area (Å²) in [6.07, 6.45) is 3.00. The van der Waals surface area contributed by atoms with Crippen LogP contribution in [0, 0.1) is 0 Å². The molecule has 68 valence electrons. The summed E-state index contributed by atoms with van der Waals surface area (Å²) in [4.78, 5) is 0. The Morgan fingerprint density at radius 3 is 2.18 bits per heavy atom. The highest BCUT2D eigenvalue weighted by molar-refractivity contribution is 4.64. The normalized spacial score (nSPS) is 13.9. The average Bonchev–Trinajstić information content (AvgIpc) is 2.03. The highest BCUT2D eigenvalue weighted by Gasteiger charge is 2.14. The van der Waals surface area contributed by atoms with E-state index in [0.717, 1.165) is 19.3 Å². The second kappa shape index (κ2) is 6.58. The van der Waals surface area contributed by atoms with E-state index in [9.17, 15) is 0 Å². The van der Waals surface area contributed by atoms with E-state index >= 15 is 0 Å². The highest BCUT2D eigenvalue weighted by Crippen LogP contribution is 2.05. The molecule has 0 aliphatic carbocycles. The van der Waals surface area contributed by atoms with Crippen LogP contribution in [-0.4, -0.2) is 26.6 Å². The molecule has 0 aromatic carbocycles. The lowest BCUT2D eigenvalue weighted by molar-refractivity contribution is -0.117. The zero-order chi connectivity index (χ0) is 8.69. The molecule has 11 heavy (non-hydrogen) atoms. The number of nitrogens with two attached hydrogens (primary N) is 1. The van der Waals surface area contributed by atoms with Crippen molar-refractivity contribution in [2.45, 2.75) is 38.5 Å². The van der Waals surface area contributed by atoms with Crippen LogP contribution in [0.25, 0.3) is 0 Å². The molecular formula is C8H19NO2. The highest BCUT2D eigenvalue weighted by atomic mass is 16.7. The van der Waals surface area contributed by atoms with Crippen molar-refractivity contribution < 1.29 is 9.47 Å². The van der Waals surface area contributed by atoms with Crippen LogP contribution in [0.5, 0.6) is 0 Å². The molecule has 0 radical (unpaired) electrons. The van der Waals surface area contributed by atoms with Crippen LogP contribution in [0.15, 0.2) is 0 Å². The Bertz CT molecular complexity index is 84.2. The second-order valence-corrected chi connectivity index (χ2v) is 2.65. The summed E-state index contributed by atoms with van der Waals surface area (Å²) in [7, 11) is 3.22. The first-order chi connectivity index (χ1) is 5.26. The molecule has 0 aromatic rings. The van der Waals surface area contributed by atoms with Crippen LogP contribution in [0.3, 0.4) is 0 Å². The Labute approximate surface area is 68.9 Å². The standard InChI is InChI=1S/C8H19NO2/c1-4-5-6-7(9)8(10-2)11-3/h7-8H,4-6,9H2,1-3H3. The number of ether oxygens (including phenoxy) is 2. The van der Waals surface area contributed by atoms with E-state index < -0.39 is 0 Å². The van der Waals surface area contributed by atoms with Gasteiger partial charge >= 0.3 is 0 Å². The van der Waals surface area contributed by atoms with Gasteiger partial charge in [0.25, 0.3) is 0 Å². The second-order valence-electron chi connectivity index (χ2n) is 2.65. The lowest BCUT2D eigenvalue weighted by Gasteiger charge is -2.20. The van der Waals surface area contributed by atoms with Gasteiger partial charge in [0.05, 0.1) is 6.04 Å². The maximum Gasteiger partial charge on any atom is 0.171 e. The molecule has 1 atom stereocenters. The predicted octanol–water partition coefficient (Wildman–Crippen LogP) is 1.12. The molecule has 3 nitrogen and oxygen atoms in total. The van der Waals surface area contributed by atoms with Gasteiger partial charge < -0.3 is 15.2 Å². The minimum absolute atomic E-state index is 0.00458. The largest absolute Gasteiger partial charge is 0.354 e. The summed E-state index contributed by atoms with van der Waals surface area (Å²) in [5, 5.41) is 0. The van der Waals surface area contributed by atoms with Gasteiger partial charge in [0.15, 0.2) is 6.29 Å². The minimum Gasteiger partial charge on any atom is -0.354 e. The van der Waals surface area contributed by atoms with E-state index in [-0.39, 0.29) is 12.3 Å². The summed E-state index contributed by atoms with van der Waals surface area (Å²) < 4.78 is 10.0. The fourth-order valence-corrected chi connectivity index (χ4v) is 1.02. The van der Waals surface area contributed by atoms with E-state index in [0.29, 0.717) is 0 Å². The molecule has 0 fully saturated rings. The molecule has 0 bridgehead atoms. The van der Waals surface area contributed by atoms with Gasteiger partial charge in [-0.25, -0.2) is 0 Å². The van der Waals surface area contributed by atoms with Gasteiger partial charge in [-0.1, -0.05) is 19.8 Å². The van der Waals surface area contributed by atoms with Crippen molar-refractivity contribution >= 4 is 0 Å². The van der Waals surface area contributed by atoms with Crippen LogP contribution in [-0.2, 0) is 9.47 Å². The molecule has 0 saturated carbocycles. The fourth-order valence-electron chi connectivity index (χ4n) is 1.02. The SMILES string of the molecule is CCCCC(N)C(OC)OC. The van der Waals surface area contributed by atoms with Crippen LogP contribution in [0.4, 0.5) is 0 Å². The zero-order valence-corrected chi connectivity index (χ0v) is 7.67. The van der Waals surface area contributed by atoms with Gasteiger partial charge in [-0.05, 0) is 6.42 Å². The van der Waals surface area contributed by atoms with Gasteiger partial charge in [0.1, 0.15) is 0 Å². The number of rotatable bonds is 6. The maximum atomic E-state index is 5.78. The van der Waals surface area contributed by atoms with Crippen molar-refractivity contribution in [1.82, 2.24) is 0 Å². The van der Waals surface area contributed by atoms with Crippen LogP contribution in [0.1, 0.15) is 26.2 Å². The molecule has 0 saturated heterocycles. The molecule has 0 heterocycles. The van der Waals surface area contributed by atoms with Crippen LogP contribution in [0.2, 0.25) is 0 Å². The molecule has 0 rings (SSSR count). The number of unbranched alkanes of at least 4 members (excludes halogenated alkanes) is 1. The van der Waals surface area contributed by atoms with Crippen molar-refractivity contribution in [3.63, 3.8) is 0 Å². The Morgan fingerprint density at radius 2 is 1.82 bits per heavy atom. The third kappa shape index (κ3) is 4.35. The Morgan fingerprint density at radius 1 is 1.27 bits per heavy atom. The molecule has 0 aliphatic heterocycles. The summed E-state index contributed by atoms with van der Waals surface area (Å²) >= 11 is 0. The first-order valence-electron chi connectivity index (χ1n) is 4.07. The molecule has 2 N–H and O–H groups in total. The van der Waals surface area contributed by atoms with Gasteiger partial charge in [0, 0.05) is 14.2 Å². The van der Waals surface area contributed by atoms with Gasteiger partial charge in [-0.15, -0.1) is 0 Å². The number of hydrogen-bond donors (Lipinski definition) is 1. The topological polar surface area (TPSA) is 44.5 Å². The molecule has 1 unspecified atom stereocenters. The van der Waals surface area contributed by atoms with Crippen molar-refractivity contribution in [3.05, 3.63) is 0 Å². The van der Waals surface area contributed by atoms with Gasteiger partial charge in [0.2, 0.25) is 0 Å². The fraction of sp³-hybridized carbons (Fsp3) is 1.00. The summed E-state index contributed by atoms with van der Waals surface area (Å²) in [5.74, 6) is 0. The third-order valence-electron chi connectivity index (χ3n) is 1.71. The Balaban J connectivity index is 3.51. The molecule has 3 heteroatoms. The predicted molar refractivity (Wildman–Crippen MR) is 45.3 cm³/mol. The first kappa shape index (κ1) is 10.9. The van der Waals surface area contributed by atoms with Crippen molar-refractivity contribution in [2.24, 2.45) is 5.73 Å². The lowest BCUT2D eigenvalue weighted by Crippen LogP contribution is -2.37. The monoisotopic (exact) mass is 161 g/mol. The average molecular weight is 161 g/mol. The van der Waals surface area contributed by atoms with Crippen molar-refractivity contribution in [1.29, 1.82) is 0 Å². The number of hydrogen-bond acceptors (Lipinski definition) is 3. The molecule has 0 aromatic heterocycles. The quantitative estimate of drug-likeness (QED) is 0.594. The van der Waals surface area contributed by atoms with E-state index in [1.54, 1.807) is 14.2 Å². The summed E-state index contributed by atoms with van der Waals surface area (Å²) in [5.41, 5.74) is 5.78. The van der Waals surface area contributed by atoms with Gasteiger partial charge in [-0.3, -0.25) is 0 Å². The van der Waals surface area contributed by atoms with E-state index in [4.69, 9.17) is 15.2 Å². The van der Waals surface area contributed by atoms with E-state index in [2.05, 4.69) is 6.92 Å². The minimum atomic E-state index is -0.249. The first-order valence-corrected chi connectivity index (χ1v) is 4.07. The van der Waals surface area contributed by atoms with E-state index in [1.165, 1.54) is 0 Å². The Hall–Kier alpha value is -0.120. The third-order valence-corrected chi connectivity index (χ3v) is 1.71. The molecule has 0 aliphatic rings. The zero-order valence-electron chi connectivity index (χ0n) is 7.67. The summed E-state index contributed by atoms with van der Waals surface area (Å²) in [6.45, 7) is 2.14. The molecule has 0 amide bonds.